The van der Waals surface area contributed by atoms with E-state index in [0.29, 0.717) is 16.6 Å². The molecule has 2 atom stereocenters. The Balaban J connectivity index is 1.93. The van der Waals surface area contributed by atoms with Crippen LogP contribution in [0.1, 0.15) is 18.4 Å². The molecule has 1 amide bonds. The summed E-state index contributed by atoms with van der Waals surface area (Å²) in [6.45, 7) is -0.531. The predicted octanol–water partition coefficient (Wildman–Crippen LogP) is 3.93. The van der Waals surface area contributed by atoms with E-state index in [1.165, 1.54) is 23.2 Å². The average Bonchev–Trinajstić information content (AvgIpc) is 2.64. The van der Waals surface area contributed by atoms with E-state index in [1.54, 1.807) is 12.1 Å². The van der Waals surface area contributed by atoms with Gasteiger partial charge in [0.15, 0.2) is 0 Å². The number of nitriles is 1. The van der Waals surface area contributed by atoms with Crippen molar-refractivity contribution >= 4 is 22.5 Å². The number of carbonyl (C=O) groups is 1. The number of anilines is 1. The number of halogens is 6. The Morgan fingerprint density at radius 2 is 1.93 bits per heavy atom. The molecule has 0 radical (unpaired) electrons. The molecular formula is C19H16F6N4O. The lowest BCUT2D eigenvalue weighted by atomic mass is 9.92. The second-order valence-electron chi connectivity index (χ2n) is 7.08. The minimum Gasteiger partial charge on any atom is -0.368 e. The van der Waals surface area contributed by atoms with Gasteiger partial charge in [-0.25, -0.2) is 0 Å². The van der Waals surface area contributed by atoms with Crippen LogP contribution in [0.5, 0.6) is 0 Å². The van der Waals surface area contributed by atoms with Gasteiger partial charge in [0.2, 0.25) is 5.91 Å². The molecule has 0 spiro atoms. The van der Waals surface area contributed by atoms with Crippen LogP contribution in [0, 0.1) is 17.2 Å². The van der Waals surface area contributed by atoms with Gasteiger partial charge in [-0.2, -0.15) is 31.6 Å². The molecule has 2 aromatic rings. The standard InChI is InChI=1S/C19H16F6N4O/c20-18(21,22)7-16(30)28-13-6-12(19(23,24)25)9-29(10-13)15-4-3-11(8-26)17-14(15)2-1-5-27-17/h1-5,12-13H,6-7,9-10H2,(H,28,30)/t12-,13+/m0/s1. The third-order valence-corrected chi connectivity index (χ3v) is 4.85. The lowest BCUT2D eigenvalue weighted by molar-refractivity contribution is -0.178. The number of nitrogens with zero attached hydrogens (tertiary/aromatic N) is 3. The minimum atomic E-state index is -4.75. The molecule has 1 fully saturated rings. The van der Waals surface area contributed by atoms with Crippen molar-refractivity contribution in [3.8, 4) is 6.07 Å². The second-order valence-corrected chi connectivity index (χ2v) is 7.08. The molecule has 1 N–H and O–H groups in total. The van der Waals surface area contributed by atoms with Gasteiger partial charge in [-0.05, 0) is 30.7 Å². The predicted molar refractivity (Wildman–Crippen MR) is 95.4 cm³/mol. The second kappa shape index (κ2) is 8.01. The third kappa shape index (κ3) is 4.93. The Bertz CT molecular complexity index is 982. The Kier molecular flexibility index (Phi) is 5.78. The van der Waals surface area contributed by atoms with E-state index >= 15 is 0 Å². The van der Waals surface area contributed by atoms with Gasteiger partial charge in [0.05, 0.1) is 17.0 Å². The van der Waals surface area contributed by atoms with Crippen molar-refractivity contribution in [2.75, 3.05) is 18.0 Å². The third-order valence-electron chi connectivity index (χ3n) is 4.85. The largest absolute Gasteiger partial charge is 0.397 e. The van der Waals surface area contributed by atoms with Crippen LogP contribution in [0.3, 0.4) is 0 Å². The van der Waals surface area contributed by atoms with Crippen molar-refractivity contribution in [2.24, 2.45) is 5.92 Å². The summed E-state index contributed by atoms with van der Waals surface area (Å²) in [6, 6.07) is 6.93. The lowest BCUT2D eigenvalue weighted by Crippen LogP contribution is -2.54. The summed E-state index contributed by atoms with van der Waals surface area (Å²) < 4.78 is 77.7. The molecule has 0 bridgehead atoms. The van der Waals surface area contributed by atoms with Crippen molar-refractivity contribution in [3.63, 3.8) is 0 Å². The number of benzene rings is 1. The van der Waals surface area contributed by atoms with Crippen LogP contribution >= 0.6 is 0 Å². The number of hydrogen-bond acceptors (Lipinski definition) is 4. The van der Waals surface area contributed by atoms with E-state index in [9.17, 15) is 36.4 Å². The Hall–Kier alpha value is -3.03. The summed E-state index contributed by atoms with van der Waals surface area (Å²) in [4.78, 5) is 17.1. The van der Waals surface area contributed by atoms with Crippen molar-refractivity contribution in [1.29, 1.82) is 5.26 Å². The first-order chi connectivity index (χ1) is 14.0. The highest BCUT2D eigenvalue weighted by atomic mass is 19.4. The number of hydrogen-bond donors (Lipinski definition) is 1. The molecule has 11 heteroatoms. The molecule has 2 heterocycles. The minimum absolute atomic E-state index is 0.105. The summed E-state index contributed by atoms with van der Waals surface area (Å²) in [5.41, 5.74) is 0.916. The van der Waals surface area contributed by atoms with Crippen LogP contribution < -0.4 is 10.2 Å². The monoisotopic (exact) mass is 430 g/mol. The zero-order chi connectivity index (χ0) is 22.1. The highest BCUT2D eigenvalue weighted by Gasteiger charge is 2.45. The number of carbonyl (C=O) groups excluding carboxylic acids is 1. The van der Waals surface area contributed by atoms with E-state index in [0.717, 1.165) is 0 Å². The van der Waals surface area contributed by atoms with Gasteiger partial charge in [-0.15, -0.1) is 0 Å². The number of alkyl halides is 6. The Labute approximate surface area is 167 Å². The number of nitrogens with one attached hydrogen (secondary N) is 1. The first kappa shape index (κ1) is 21.7. The molecule has 1 aromatic heterocycles. The molecule has 1 aromatic carbocycles. The Morgan fingerprint density at radius 3 is 2.57 bits per heavy atom. The summed E-state index contributed by atoms with van der Waals surface area (Å²) in [7, 11) is 0. The van der Waals surface area contributed by atoms with Gasteiger partial charge in [0, 0.05) is 36.4 Å². The van der Waals surface area contributed by atoms with E-state index < -0.39 is 49.6 Å². The molecule has 160 valence electrons. The lowest BCUT2D eigenvalue weighted by Gasteiger charge is -2.40. The van der Waals surface area contributed by atoms with E-state index in [1.807, 2.05) is 6.07 Å². The van der Waals surface area contributed by atoms with Gasteiger partial charge in [-0.1, -0.05) is 0 Å². The SMILES string of the molecule is N#Cc1ccc(N2C[C@H](NC(=O)CC(F)(F)F)C[C@H](C(F)(F)F)C2)c2cccnc12. The van der Waals surface area contributed by atoms with Gasteiger partial charge in [0.1, 0.15) is 12.5 Å². The first-order valence-electron chi connectivity index (χ1n) is 8.93. The number of aromatic nitrogens is 1. The Morgan fingerprint density at radius 1 is 1.20 bits per heavy atom. The molecule has 0 unspecified atom stereocenters. The van der Waals surface area contributed by atoms with Crippen molar-refractivity contribution in [1.82, 2.24) is 10.3 Å². The van der Waals surface area contributed by atoms with Crippen LogP contribution in [-0.2, 0) is 4.79 Å². The number of amides is 1. The molecule has 30 heavy (non-hydrogen) atoms. The number of pyridine rings is 1. The maximum atomic E-state index is 13.5. The van der Waals surface area contributed by atoms with Crippen molar-refractivity contribution in [2.45, 2.75) is 31.2 Å². The molecule has 1 aliphatic heterocycles. The fourth-order valence-electron chi connectivity index (χ4n) is 3.62. The molecule has 5 nitrogen and oxygen atoms in total. The molecule has 1 aliphatic rings. The summed E-state index contributed by atoms with van der Waals surface area (Å²) in [5, 5.41) is 11.8. The quantitative estimate of drug-likeness (QED) is 0.750. The molecule has 0 aliphatic carbocycles. The van der Waals surface area contributed by atoms with Gasteiger partial charge < -0.3 is 10.2 Å². The van der Waals surface area contributed by atoms with Crippen LogP contribution in [0.15, 0.2) is 30.5 Å². The highest BCUT2D eigenvalue weighted by Crippen LogP contribution is 2.37. The van der Waals surface area contributed by atoms with Crippen molar-refractivity contribution in [3.05, 3.63) is 36.0 Å². The average molecular weight is 430 g/mol. The molecular weight excluding hydrogens is 414 g/mol. The van der Waals surface area contributed by atoms with Crippen molar-refractivity contribution < 1.29 is 31.1 Å². The summed E-state index contributed by atoms with van der Waals surface area (Å²) in [6.07, 6.45) is -10.2. The topological polar surface area (TPSA) is 69.0 Å². The van der Waals surface area contributed by atoms with Gasteiger partial charge >= 0.3 is 12.4 Å². The fraction of sp³-hybridized carbons (Fsp3) is 0.421. The van der Waals surface area contributed by atoms with Crippen LogP contribution in [0.4, 0.5) is 32.0 Å². The smallest absolute Gasteiger partial charge is 0.368 e. The molecule has 3 rings (SSSR count). The van der Waals surface area contributed by atoms with Crippen LogP contribution in [0.25, 0.3) is 10.9 Å². The van der Waals surface area contributed by atoms with Gasteiger partial charge in [-0.3, -0.25) is 9.78 Å². The maximum absolute atomic E-state index is 13.5. The van der Waals surface area contributed by atoms with E-state index in [2.05, 4.69) is 10.3 Å². The highest BCUT2D eigenvalue weighted by molar-refractivity contribution is 5.95. The normalized spacial score (nSPS) is 20.1. The van der Waals surface area contributed by atoms with E-state index in [-0.39, 0.29) is 12.1 Å². The number of rotatable bonds is 3. The molecule has 0 saturated carbocycles. The molecule has 1 saturated heterocycles. The van der Waals surface area contributed by atoms with Crippen LogP contribution in [0.2, 0.25) is 0 Å². The summed E-state index contributed by atoms with van der Waals surface area (Å²) >= 11 is 0. The van der Waals surface area contributed by atoms with E-state index in [4.69, 9.17) is 0 Å². The number of piperidine rings is 1. The van der Waals surface area contributed by atoms with Crippen LogP contribution in [-0.4, -0.2) is 42.4 Å². The maximum Gasteiger partial charge on any atom is 0.397 e. The first-order valence-corrected chi connectivity index (χ1v) is 8.93. The summed E-state index contributed by atoms with van der Waals surface area (Å²) in [5.74, 6) is -3.22. The van der Waals surface area contributed by atoms with Gasteiger partial charge in [0.25, 0.3) is 0 Å². The number of fused-ring (bicyclic) bond motifs is 1. The zero-order valence-electron chi connectivity index (χ0n) is 15.4. The fourth-order valence-corrected chi connectivity index (χ4v) is 3.62. The zero-order valence-corrected chi connectivity index (χ0v) is 15.4.